The summed E-state index contributed by atoms with van der Waals surface area (Å²) < 4.78 is 9.85. The third-order valence-corrected chi connectivity index (χ3v) is 1.69. The van der Waals surface area contributed by atoms with Crippen LogP contribution in [0, 0.1) is 0 Å². The van der Waals surface area contributed by atoms with E-state index in [0.29, 0.717) is 5.76 Å². The molecule has 0 amide bonds. The Kier molecular flexibility index (Phi) is 3.05. The molecule has 0 aromatic carbocycles. The van der Waals surface area contributed by atoms with Crippen molar-refractivity contribution in [2.45, 2.75) is 18.5 Å². The Bertz CT molecular complexity index is 182. The normalized spacial score (nSPS) is 35.7. The predicted molar refractivity (Wildman–Crippen MR) is 41.0 cm³/mol. The van der Waals surface area contributed by atoms with Gasteiger partial charge in [-0.1, -0.05) is 0 Å². The number of hydrogen-bond acceptors (Lipinski definition) is 5. The molecule has 0 saturated carbocycles. The molecular formula is C7H13NO4. The Labute approximate surface area is 70.4 Å². The van der Waals surface area contributed by atoms with E-state index < -0.39 is 18.5 Å². The Balaban J connectivity index is 2.68. The zero-order valence-corrected chi connectivity index (χ0v) is 6.80. The molecular weight excluding hydrogens is 162 g/mol. The van der Waals surface area contributed by atoms with Crippen molar-refractivity contribution < 1.29 is 19.7 Å². The van der Waals surface area contributed by atoms with Crippen molar-refractivity contribution in [1.82, 2.24) is 0 Å². The van der Waals surface area contributed by atoms with E-state index in [9.17, 15) is 10.2 Å². The van der Waals surface area contributed by atoms with Gasteiger partial charge in [0.1, 0.15) is 18.0 Å². The van der Waals surface area contributed by atoms with Crippen LogP contribution in [-0.4, -0.2) is 42.4 Å². The highest BCUT2D eigenvalue weighted by atomic mass is 16.7. The number of hydrogen-bond donors (Lipinski definition) is 3. The van der Waals surface area contributed by atoms with Crippen LogP contribution in [0.25, 0.3) is 0 Å². The van der Waals surface area contributed by atoms with Crippen LogP contribution in [0.4, 0.5) is 0 Å². The molecule has 0 bridgehead atoms. The van der Waals surface area contributed by atoms with Gasteiger partial charge >= 0.3 is 0 Å². The molecule has 0 fully saturated rings. The molecule has 1 rings (SSSR count). The standard InChI is InChI=1S/C7H13NO4/c1-11-7-6(10)5(9)2-4(3-8)12-7/h2,5-7,9-10H,3,8H2,1H3. The quantitative estimate of drug-likeness (QED) is 0.478. The minimum atomic E-state index is -1.05. The molecule has 0 aromatic rings. The summed E-state index contributed by atoms with van der Waals surface area (Å²) in [6.07, 6.45) is -1.48. The third-order valence-electron chi connectivity index (χ3n) is 1.69. The molecule has 0 spiro atoms. The maximum Gasteiger partial charge on any atom is 0.228 e. The van der Waals surface area contributed by atoms with Gasteiger partial charge in [0.25, 0.3) is 0 Å². The first-order valence-electron chi connectivity index (χ1n) is 3.65. The van der Waals surface area contributed by atoms with Crippen molar-refractivity contribution in [3.63, 3.8) is 0 Å². The predicted octanol–water partition coefficient (Wildman–Crippen LogP) is -1.45. The number of aliphatic hydroxyl groups excluding tert-OH is 2. The highest BCUT2D eigenvalue weighted by Gasteiger charge is 2.31. The minimum absolute atomic E-state index is 0.184. The van der Waals surface area contributed by atoms with E-state index in [1.807, 2.05) is 0 Å². The van der Waals surface area contributed by atoms with E-state index in [-0.39, 0.29) is 6.54 Å². The van der Waals surface area contributed by atoms with Gasteiger partial charge in [-0.15, -0.1) is 0 Å². The van der Waals surface area contributed by atoms with Crippen molar-refractivity contribution in [3.05, 3.63) is 11.8 Å². The van der Waals surface area contributed by atoms with E-state index in [1.165, 1.54) is 13.2 Å². The molecule has 5 nitrogen and oxygen atoms in total. The molecule has 1 aliphatic heterocycles. The largest absolute Gasteiger partial charge is 0.465 e. The maximum absolute atomic E-state index is 9.27. The summed E-state index contributed by atoms with van der Waals surface area (Å²) >= 11 is 0. The average molecular weight is 175 g/mol. The van der Waals surface area contributed by atoms with E-state index in [2.05, 4.69) is 0 Å². The molecule has 0 aromatic heterocycles. The summed E-state index contributed by atoms with van der Waals surface area (Å²) in [6, 6.07) is 0. The highest BCUT2D eigenvalue weighted by molar-refractivity contribution is 5.05. The molecule has 5 heteroatoms. The van der Waals surface area contributed by atoms with E-state index in [4.69, 9.17) is 15.2 Å². The lowest BCUT2D eigenvalue weighted by atomic mass is 10.1. The van der Waals surface area contributed by atoms with Crippen LogP contribution < -0.4 is 5.73 Å². The van der Waals surface area contributed by atoms with Crippen molar-refractivity contribution in [2.24, 2.45) is 5.73 Å². The van der Waals surface area contributed by atoms with Crippen molar-refractivity contribution in [2.75, 3.05) is 13.7 Å². The van der Waals surface area contributed by atoms with E-state index in [0.717, 1.165) is 0 Å². The Morgan fingerprint density at radius 3 is 2.83 bits per heavy atom. The lowest BCUT2D eigenvalue weighted by molar-refractivity contribution is -0.190. The smallest absolute Gasteiger partial charge is 0.228 e. The summed E-state index contributed by atoms with van der Waals surface area (Å²) in [5.41, 5.74) is 5.29. The van der Waals surface area contributed by atoms with Crippen molar-refractivity contribution in [3.8, 4) is 0 Å². The summed E-state index contributed by atoms with van der Waals surface area (Å²) in [5.74, 6) is 0.430. The fraction of sp³-hybridized carbons (Fsp3) is 0.714. The van der Waals surface area contributed by atoms with Crippen molar-refractivity contribution >= 4 is 0 Å². The zero-order chi connectivity index (χ0) is 9.14. The molecule has 70 valence electrons. The molecule has 1 aliphatic rings. The summed E-state index contributed by atoms with van der Waals surface area (Å²) in [6.45, 7) is 0.184. The van der Waals surface area contributed by atoms with Gasteiger partial charge < -0.3 is 25.4 Å². The minimum Gasteiger partial charge on any atom is -0.465 e. The van der Waals surface area contributed by atoms with Gasteiger partial charge in [0.15, 0.2) is 0 Å². The first kappa shape index (κ1) is 9.47. The molecule has 1 heterocycles. The summed E-state index contributed by atoms with van der Waals surface area (Å²) in [4.78, 5) is 0. The molecule has 12 heavy (non-hydrogen) atoms. The van der Waals surface area contributed by atoms with E-state index >= 15 is 0 Å². The van der Waals surface area contributed by atoms with Crippen LogP contribution >= 0.6 is 0 Å². The van der Waals surface area contributed by atoms with E-state index in [1.54, 1.807) is 0 Å². The lowest BCUT2D eigenvalue weighted by Gasteiger charge is -2.30. The van der Waals surface area contributed by atoms with Gasteiger partial charge in [0.2, 0.25) is 6.29 Å². The van der Waals surface area contributed by atoms with Gasteiger partial charge in [-0.3, -0.25) is 0 Å². The Morgan fingerprint density at radius 2 is 2.33 bits per heavy atom. The summed E-state index contributed by atoms with van der Waals surface area (Å²) in [7, 11) is 1.39. The number of nitrogens with two attached hydrogens (primary N) is 1. The second kappa shape index (κ2) is 3.86. The van der Waals surface area contributed by atoms with Crippen LogP contribution in [0.1, 0.15) is 0 Å². The molecule has 3 unspecified atom stereocenters. The summed E-state index contributed by atoms with van der Waals surface area (Å²) in [5, 5.41) is 18.5. The van der Waals surface area contributed by atoms with Gasteiger partial charge in [-0.2, -0.15) is 0 Å². The maximum atomic E-state index is 9.27. The topological polar surface area (TPSA) is 84.9 Å². The number of ether oxygens (including phenoxy) is 2. The molecule has 0 aliphatic carbocycles. The number of rotatable bonds is 2. The van der Waals surface area contributed by atoms with Crippen LogP contribution in [0.3, 0.4) is 0 Å². The van der Waals surface area contributed by atoms with Crippen LogP contribution in [0.2, 0.25) is 0 Å². The Morgan fingerprint density at radius 1 is 1.67 bits per heavy atom. The molecule has 3 atom stereocenters. The molecule has 0 radical (unpaired) electrons. The van der Waals surface area contributed by atoms with Gasteiger partial charge in [-0.25, -0.2) is 0 Å². The fourth-order valence-corrected chi connectivity index (χ4v) is 1.01. The lowest BCUT2D eigenvalue weighted by Crippen LogP contribution is -2.43. The van der Waals surface area contributed by atoms with Gasteiger partial charge in [-0.05, 0) is 6.08 Å². The monoisotopic (exact) mass is 175 g/mol. The van der Waals surface area contributed by atoms with Crippen LogP contribution in [0.15, 0.2) is 11.8 Å². The fourth-order valence-electron chi connectivity index (χ4n) is 1.01. The second-order valence-corrected chi connectivity index (χ2v) is 2.54. The first-order chi connectivity index (χ1) is 5.69. The van der Waals surface area contributed by atoms with Crippen LogP contribution in [-0.2, 0) is 9.47 Å². The first-order valence-corrected chi connectivity index (χ1v) is 3.65. The number of methoxy groups -OCH3 is 1. The number of aliphatic hydroxyl groups is 2. The average Bonchev–Trinajstić information content (AvgIpc) is 2.09. The van der Waals surface area contributed by atoms with Gasteiger partial charge in [0.05, 0.1) is 6.54 Å². The Hall–Kier alpha value is -0.620. The molecule has 4 N–H and O–H groups in total. The highest BCUT2D eigenvalue weighted by Crippen LogP contribution is 2.17. The third kappa shape index (κ3) is 1.75. The SMILES string of the molecule is COC1OC(CN)=CC(O)C1O. The van der Waals surface area contributed by atoms with Crippen LogP contribution in [0.5, 0.6) is 0 Å². The van der Waals surface area contributed by atoms with Crippen molar-refractivity contribution in [1.29, 1.82) is 0 Å². The molecule has 0 saturated heterocycles. The van der Waals surface area contributed by atoms with Gasteiger partial charge in [0, 0.05) is 7.11 Å². The second-order valence-electron chi connectivity index (χ2n) is 2.54. The zero-order valence-electron chi connectivity index (χ0n) is 6.80.